The fourth-order valence-corrected chi connectivity index (χ4v) is 6.99. The molecule has 0 saturated heterocycles. The summed E-state index contributed by atoms with van der Waals surface area (Å²) in [5.41, 5.74) is 4.57. The largest absolute Gasteiger partial charge is 0.508 e. The molecule has 40 heavy (non-hydrogen) atoms. The van der Waals surface area contributed by atoms with Gasteiger partial charge in [0, 0.05) is 20.6 Å². The smallest absolute Gasteiger partial charge is 0.416 e. The molecule has 1 unspecified atom stereocenters. The van der Waals surface area contributed by atoms with Gasteiger partial charge < -0.3 is 5.11 Å². The van der Waals surface area contributed by atoms with Crippen LogP contribution < -0.4 is 0 Å². The molecule has 0 aliphatic rings. The number of benzene rings is 4. The Morgan fingerprint density at radius 2 is 1.43 bits per heavy atom. The van der Waals surface area contributed by atoms with Crippen molar-refractivity contribution < 1.29 is 22.7 Å². The third kappa shape index (κ3) is 6.40. The summed E-state index contributed by atoms with van der Waals surface area (Å²) in [5, 5.41) is 10.6. The van der Waals surface area contributed by atoms with Gasteiger partial charge in [-0.25, -0.2) is 9.37 Å². The Morgan fingerprint density at radius 1 is 0.825 bits per heavy atom. The minimum absolute atomic E-state index is 0.0266. The molecule has 1 aromatic heterocycles. The van der Waals surface area contributed by atoms with E-state index in [0.29, 0.717) is 17.0 Å². The quantitative estimate of drug-likeness (QED) is 0.154. The molecule has 0 fully saturated rings. The van der Waals surface area contributed by atoms with Crippen molar-refractivity contribution in [3.05, 3.63) is 124 Å². The maximum Gasteiger partial charge on any atom is 0.416 e. The summed E-state index contributed by atoms with van der Waals surface area (Å²) >= 11 is 3.14. The third-order valence-corrected chi connectivity index (χ3v) is 9.27. The molecule has 204 valence electrons. The summed E-state index contributed by atoms with van der Waals surface area (Å²) in [6.45, 7) is 3.77. The second-order valence-corrected chi connectivity index (χ2v) is 11.8. The second kappa shape index (κ2) is 11.5. The first-order chi connectivity index (χ1) is 19.1. The van der Waals surface area contributed by atoms with E-state index in [-0.39, 0.29) is 16.8 Å². The predicted octanol–water partition coefficient (Wildman–Crippen LogP) is 10.0. The van der Waals surface area contributed by atoms with Gasteiger partial charge in [0.2, 0.25) is 0 Å². The lowest BCUT2D eigenvalue weighted by Crippen LogP contribution is -2.03. The minimum Gasteiger partial charge on any atom is -0.508 e. The topological polar surface area (TPSA) is 33.1 Å². The maximum absolute atomic E-state index is 13.3. The van der Waals surface area contributed by atoms with E-state index < -0.39 is 11.7 Å². The number of nitrogens with zero attached hydrogens (tertiary/aromatic N) is 1. The van der Waals surface area contributed by atoms with E-state index in [1.807, 2.05) is 38.1 Å². The standard InChI is InChI=1S/C32H25F4NOS2/c1-19-17-27(15-16-28(19)38)39-29(18-21-3-5-22(6-4-21)23-9-13-26(33)14-10-23)30-20(2)37-31(40-30)24-7-11-25(12-8-24)32(34,35)36/h3-17,29,38H,18H2,1-2H3. The number of thiazole rings is 1. The van der Waals surface area contributed by atoms with E-state index in [9.17, 15) is 22.7 Å². The highest BCUT2D eigenvalue weighted by Crippen LogP contribution is 2.44. The minimum atomic E-state index is -4.39. The molecule has 0 saturated carbocycles. The van der Waals surface area contributed by atoms with Gasteiger partial charge in [-0.05, 0) is 85.0 Å². The number of thioether (sulfide) groups is 1. The zero-order valence-corrected chi connectivity index (χ0v) is 23.3. The van der Waals surface area contributed by atoms with E-state index in [2.05, 4.69) is 12.1 Å². The highest BCUT2D eigenvalue weighted by molar-refractivity contribution is 7.99. The number of phenols is 1. The van der Waals surface area contributed by atoms with Gasteiger partial charge in [0.25, 0.3) is 0 Å². The van der Waals surface area contributed by atoms with Crippen molar-refractivity contribution in [2.75, 3.05) is 0 Å². The maximum atomic E-state index is 13.3. The van der Waals surface area contributed by atoms with Crippen LogP contribution in [0, 0.1) is 19.7 Å². The van der Waals surface area contributed by atoms with Crippen LogP contribution in [0.15, 0.2) is 95.9 Å². The Kier molecular flexibility index (Phi) is 8.01. The van der Waals surface area contributed by atoms with E-state index >= 15 is 0 Å². The van der Waals surface area contributed by atoms with Crippen LogP contribution in [0.1, 0.15) is 32.5 Å². The third-order valence-electron chi connectivity index (χ3n) is 6.58. The normalized spacial score (nSPS) is 12.4. The Labute approximate surface area is 238 Å². The molecule has 0 aliphatic heterocycles. The number of aromatic nitrogens is 1. The zero-order valence-electron chi connectivity index (χ0n) is 21.7. The molecule has 1 N–H and O–H groups in total. The number of hydrogen-bond donors (Lipinski definition) is 1. The summed E-state index contributed by atoms with van der Waals surface area (Å²) in [6, 6.07) is 25.1. The van der Waals surface area contributed by atoms with Crippen LogP contribution in [-0.2, 0) is 12.6 Å². The van der Waals surface area contributed by atoms with E-state index in [0.717, 1.165) is 49.9 Å². The van der Waals surface area contributed by atoms with E-state index in [1.165, 1.54) is 35.6 Å². The van der Waals surface area contributed by atoms with Crippen molar-refractivity contribution in [3.8, 4) is 27.4 Å². The van der Waals surface area contributed by atoms with Gasteiger partial charge in [-0.2, -0.15) is 13.2 Å². The molecular weight excluding hydrogens is 554 g/mol. The first-order valence-corrected chi connectivity index (χ1v) is 14.2. The van der Waals surface area contributed by atoms with Gasteiger partial charge >= 0.3 is 6.18 Å². The molecule has 2 nitrogen and oxygen atoms in total. The fraction of sp³-hybridized carbons (Fsp3) is 0.156. The number of hydrogen-bond acceptors (Lipinski definition) is 4. The first-order valence-electron chi connectivity index (χ1n) is 12.5. The highest BCUT2D eigenvalue weighted by Gasteiger charge is 2.30. The van der Waals surface area contributed by atoms with E-state index in [4.69, 9.17) is 4.98 Å². The summed E-state index contributed by atoms with van der Waals surface area (Å²) in [5.74, 6) is -0.0452. The monoisotopic (exact) mass is 579 g/mol. The Hall–Kier alpha value is -3.62. The van der Waals surface area contributed by atoms with Crippen LogP contribution in [0.4, 0.5) is 17.6 Å². The SMILES string of the molecule is Cc1cc(SC(Cc2ccc(-c3ccc(F)cc3)cc2)c2sc(-c3ccc(C(F)(F)F)cc3)nc2C)ccc1O. The molecule has 0 bridgehead atoms. The van der Waals surface area contributed by atoms with Crippen LogP contribution in [0.5, 0.6) is 5.75 Å². The van der Waals surface area contributed by atoms with Crippen molar-refractivity contribution >= 4 is 23.1 Å². The average Bonchev–Trinajstić information content (AvgIpc) is 3.32. The number of phenolic OH excluding ortho intramolecular Hbond substituents is 1. The van der Waals surface area contributed by atoms with Gasteiger partial charge in [-0.15, -0.1) is 23.1 Å². The number of aryl methyl sites for hydroxylation is 2. The lowest BCUT2D eigenvalue weighted by molar-refractivity contribution is -0.137. The summed E-state index contributed by atoms with van der Waals surface area (Å²) in [6.07, 6.45) is -3.71. The number of rotatable bonds is 7. The molecule has 1 atom stereocenters. The van der Waals surface area contributed by atoms with Crippen LogP contribution in [0.25, 0.3) is 21.7 Å². The molecule has 5 aromatic rings. The van der Waals surface area contributed by atoms with Crippen molar-refractivity contribution in [1.82, 2.24) is 4.98 Å². The zero-order chi connectivity index (χ0) is 28.4. The van der Waals surface area contributed by atoms with Crippen LogP contribution in [-0.4, -0.2) is 10.1 Å². The van der Waals surface area contributed by atoms with Crippen LogP contribution >= 0.6 is 23.1 Å². The number of halogens is 4. The predicted molar refractivity (Wildman–Crippen MR) is 154 cm³/mol. The number of alkyl halides is 3. The Morgan fingerprint density at radius 3 is 2.02 bits per heavy atom. The van der Waals surface area contributed by atoms with Gasteiger partial charge in [0.05, 0.1) is 11.3 Å². The number of aromatic hydroxyl groups is 1. The fourth-order valence-electron chi connectivity index (χ4n) is 4.38. The molecule has 5 rings (SSSR count). The molecule has 1 heterocycles. The second-order valence-electron chi connectivity index (χ2n) is 9.51. The summed E-state index contributed by atoms with van der Waals surface area (Å²) in [4.78, 5) is 6.75. The molecule has 0 radical (unpaired) electrons. The highest BCUT2D eigenvalue weighted by atomic mass is 32.2. The molecule has 0 spiro atoms. The van der Waals surface area contributed by atoms with Crippen LogP contribution in [0.3, 0.4) is 0 Å². The van der Waals surface area contributed by atoms with Gasteiger partial charge in [0.15, 0.2) is 0 Å². The molecular formula is C32H25F4NOS2. The summed E-state index contributed by atoms with van der Waals surface area (Å²) < 4.78 is 52.5. The lowest BCUT2D eigenvalue weighted by atomic mass is 10.0. The van der Waals surface area contributed by atoms with Crippen molar-refractivity contribution in [1.29, 1.82) is 0 Å². The molecule has 0 amide bonds. The van der Waals surface area contributed by atoms with Crippen molar-refractivity contribution in [2.24, 2.45) is 0 Å². The van der Waals surface area contributed by atoms with E-state index in [1.54, 1.807) is 30.0 Å². The Bertz CT molecular complexity index is 1610. The molecule has 0 aliphatic carbocycles. The van der Waals surface area contributed by atoms with Crippen molar-refractivity contribution in [2.45, 2.75) is 36.6 Å². The Balaban J connectivity index is 1.45. The van der Waals surface area contributed by atoms with Gasteiger partial charge in [-0.1, -0.05) is 48.5 Å². The van der Waals surface area contributed by atoms with Crippen molar-refractivity contribution in [3.63, 3.8) is 0 Å². The lowest BCUT2D eigenvalue weighted by Gasteiger charge is -2.17. The average molecular weight is 580 g/mol. The van der Waals surface area contributed by atoms with Gasteiger partial charge in [-0.3, -0.25) is 0 Å². The summed E-state index contributed by atoms with van der Waals surface area (Å²) in [7, 11) is 0. The van der Waals surface area contributed by atoms with Crippen LogP contribution in [0.2, 0.25) is 0 Å². The molecule has 4 aromatic carbocycles. The van der Waals surface area contributed by atoms with Gasteiger partial charge in [0.1, 0.15) is 16.6 Å². The first kappa shape index (κ1) is 27.9. The molecule has 8 heteroatoms.